The number of anilines is 1. The molecule has 0 aliphatic carbocycles. The second-order valence-electron chi connectivity index (χ2n) is 5.78. The van der Waals surface area contributed by atoms with E-state index in [1.807, 2.05) is 6.07 Å². The number of carbonyl (C=O) groups excluding carboxylic acids is 1. The van der Waals surface area contributed by atoms with Crippen molar-refractivity contribution in [1.29, 1.82) is 0 Å². The highest BCUT2D eigenvalue weighted by Gasteiger charge is 2.13. The number of nitro groups is 1. The molecule has 12 heteroatoms. The molecule has 0 saturated carbocycles. The van der Waals surface area contributed by atoms with Crippen molar-refractivity contribution in [3.8, 4) is 0 Å². The van der Waals surface area contributed by atoms with Gasteiger partial charge in [-0.2, -0.15) is 10.2 Å². The van der Waals surface area contributed by atoms with Crippen LogP contribution in [-0.4, -0.2) is 30.4 Å². The molecule has 0 radical (unpaired) electrons. The Morgan fingerprint density at radius 3 is 2.75 bits per heavy atom. The van der Waals surface area contributed by atoms with Crippen LogP contribution in [0.4, 0.5) is 11.5 Å². The van der Waals surface area contributed by atoms with Crippen LogP contribution in [-0.2, 0) is 17.9 Å². The predicted octanol–water partition coefficient (Wildman–Crippen LogP) is 4.13. The first-order chi connectivity index (χ1) is 13.3. The van der Waals surface area contributed by atoms with Crippen molar-refractivity contribution >= 4 is 56.5 Å². The maximum absolute atomic E-state index is 12.1. The van der Waals surface area contributed by atoms with E-state index < -0.39 is 4.92 Å². The Kier molecular flexibility index (Phi) is 6.32. The minimum atomic E-state index is -0.541. The van der Waals surface area contributed by atoms with Crippen LogP contribution < -0.4 is 5.32 Å². The van der Waals surface area contributed by atoms with E-state index >= 15 is 0 Å². The van der Waals surface area contributed by atoms with Crippen molar-refractivity contribution in [2.45, 2.75) is 19.5 Å². The highest BCUT2D eigenvalue weighted by molar-refractivity contribution is 9.10. The fourth-order valence-corrected chi connectivity index (χ4v) is 3.25. The number of hydrogen-bond acceptors (Lipinski definition) is 5. The van der Waals surface area contributed by atoms with E-state index in [1.54, 1.807) is 23.0 Å². The summed E-state index contributed by atoms with van der Waals surface area (Å²) < 4.78 is 3.58. The summed E-state index contributed by atoms with van der Waals surface area (Å²) >= 11 is 15.4. The fourth-order valence-electron chi connectivity index (χ4n) is 2.37. The van der Waals surface area contributed by atoms with Gasteiger partial charge in [0.15, 0.2) is 5.82 Å². The van der Waals surface area contributed by atoms with E-state index in [-0.39, 0.29) is 24.6 Å². The zero-order chi connectivity index (χ0) is 20.3. The molecule has 0 aliphatic rings. The molecule has 0 spiro atoms. The molecule has 9 nitrogen and oxygen atoms in total. The molecule has 0 unspecified atom stereocenters. The van der Waals surface area contributed by atoms with Crippen molar-refractivity contribution in [2.75, 3.05) is 5.32 Å². The summed E-state index contributed by atoms with van der Waals surface area (Å²) in [6, 6.07) is 5.20. The lowest BCUT2D eigenvalue weighted by atomic mass is 10.2. The van der Waals surface area contributed by atoms with Gasteiger partial charge in [-0.05, 0) is 33.6 Å². The second-order valence-corrected chi connectivity index (χ2v) is 7.47. The minimum Gasteiger partial charge on any atom is -0.308 e. The average molecular weight is 488 g/mol. The number of rotatable bonds is 7. The van der Waals surface area contributed by atoms with Crippen LogP contribution in [0.1, 0.15) is 12.0 Å². The van der Waals surface area contributed by atoms with Gasteiger partial charge in [0.2, 0.25) is 5.91 Å². The topological polar surface area (TPSA) is 108 Å². The van der Waals surface area contributed by atoms with Crippen LogP contribution in [0, 0.1) is 10.1 Å². The highest BCUT2D eigenvalue weighted by Crippen LogP contribution is 2.24. The molecule has 1 aromatic carbocycles. The Bertz CT molecular complexity index is 1040. The van der Waals surface area contributed by atoms with Crippen LogP contribution in [0.5, 0.6) is 0 Å². The summed E-state index contributed by atoms with van der Waals surface area (Å²) in [6.45, 7) is 0.611. The number of halogens is 3. The Morgan fingerprint density at radius 2 is 2.07 bits per heavy atom. The van der Waals surface area contributed by atoms with Crippen molar-refractivity contribution in [3.63, 3.8) is 0 Å². The number of aryl methyl sites for hydroxylation is 1. The van der Waals surface area contributed by atoms with Crippen molar-refractivity contribution in [1.82, 2.24) is 19.6 Å². The second kappa shape index (κ2) is 8.72. The number of hydrogen-bond donors (Lipinski definition) is 1. The van der Waals surface area contributed by atoms with Crippen LogP contribution >= 0.6 is 39.1 Å². The lowest BCUT2D eigenvalue weighted by Crippen LogP contribution is -2.15. The average Bonchev–Trinajstić information content (AvgIpc) is 3.23. The zero-order valence-corrected chi connectivity index (χ0v) is 17.3. The third kappa shape index (κ3) is 5.09. The highest BCUT2D eigenvalue weighted by atomic mass is 79.9. The number of aromatic nitrogens is 4. The first kappa shape index (κ1) is 20.3. The van der Waals surface area contributed by atoms with Crippen LogP contribution in [0.2, 0.25) is 10.0 Å². The van der Waals surface area contributed by atoms with Crippen LogP contribution in [0.25, 0.3) is 0 Å². The third-order valence-corrected chi connectivity index (χ3v) is 4.89. The predicted molar refractivity (Wildman–Crippen MR) is 108 cm³/mol. The molecule has 0 saturated heterocycles. The van der Waals surface area contributed by atoms with Crippen molar-refractivity contribution in [3.05, 3.63) is 67.0 Å². The lowest BCUT2D eigenvalue weighted by Gasteiger charge is -2.05. The van der Waals surface area contributed by atoms with Gasteiger partial charge in [-0.15, -0.1) is 0 Å². The molecule has 0 bridgehead atoms. The van der Waals surface area contributed by atoms with Crippen LogP contribution in [0.3, 0.4) is 0 Å². The Labute approximate surface area is 177 Å². The SMILES string of the molecule is O=C(CCn1cc([N+](=O)[O-])cn1)Nc1nn(Cc2ccc(Cl)cc2Cl)cc1Br. The quantitative estimate of drug-likeness (QED) is 0.398. The van der Waals surface area contributed by atoms with Gasteiger partial charge in [0.1, 0.15) is 12.4 Å². The molecule has 0 aliphatic heterocycles. The fraction of sp³-hybridized carbons (Fsp3) is 0.188. The minimum absolute atomic E-state index is 0.0845. The van der Waals surface area contributed by atoms with Crippen molar-refractivity contribution < 1.29 is 9.72 Å². The summed E-state index contributed by atoms with van der Waals surface area (Å²) in [7, 11) is 0. The third-order valence-electron chi connectivity index (χ3n) is 3.72. The molecule has 146 valence electrons. The Hall–Kier alpha value is -2.43. The van der Waals surface area contributed by atoms with E-state index in [1.165, 1.54) is 10.9 Å². The first-order valence-corrected chi connectivity index (χ1v) is 9.50. The van der Waals surface area contributed by atoms with Crippen molar-refractivity contribution in [2.24, 2.45) is 0 Å². The number of nitrogens with zero attached hydrogens (tertiary/aromatic N) is 5. The summed E-state index contributed by atoms with van der Waals surface area (Å²) in [5.74, 6) is 0.0650. The number of amides is 1. The zero-order valence-electron chi connectivity index (χ0n) is 14.2. The monoisotopic (exact) mass is 486 g/mol. The molecule has 0 atom stereocenters. The summed E-state index contributed by atoms with van der Waals surface area (Å²) in [5.41, 5.74) is 0.710. The van der Waals surface area contributed by atoms with E-state index in [0.717, 1.165) is 11.8 Å². The summed E-state index contributed by atoms with van der Waals surface area (Å²) in [6.07, 6.45) is 4.21. The van der Waals surface area contributed by atoms with Gasteiger partial charge < -0.3 is 5.32 Å². The van der Waals surface area contributed by atoms with Gasteiger partial charge >= 0.3 is 5.69 Å². The molecule has 28 heavy (non-hydrogen) atoms. The molecule has 1 N–H and O–H groups in total. The standard InChI is InChI=1S/C16H13BrCl2N6O3/c17-13-9-24(7-10-1-2-11(18)5-14(10)19)22-16(13)21-15(26)3-4-23-8-12(6-20-23)25(27)28/h1-2,5-6,8-9H,3-4,7H2,(H,21,22,26). The molecule has 3 aromatic rings. The molecule has 2 aromatic heterocycles. The summed E-state index contributed by atoms with van der Waals surface area (Å²) in [5, 5.41) is 22.6. The molecular formula is C16H13BrCl2N6O3. The summed E-state index contributed by atoms with van der Waals surface area (Å²) in [4.78, 5) is 22.2. The number of benzene rings is 1. The molecule has 2 heterocycles. The van der Waals surface area contributed by atoms with Gasteiger partial charge in [0.05, 0.1) is 15.9 Å². The van der Waals surface area contributed by atoms with Gasteiger partial charge in [-0.1, -0.05) is 29.3 Å². The lowest BCUT2D eigenvalue weighted by molar-refractivity contribution is -0.385. The molecule has 3 rings (SSSR count). The van der Waals surface area contributed by atoms with Gasteiger partial charge in [-0.3, -0.25) is 24.3 Å². The maximum Gasteiger partial charge on any atom is 0.306 e. The van der Waals surface area contributed by atoms with Gasteiger partial charge in [0.25, 0.3) is 0 Å². The van der Waals surface area contributed by atoms with Gasteiger partial charge in [-0.25, -0.2) is 0 Å². The molecular weight excluding hydrogens is 475 g/mol. The number of carbonyl (C=O) groups is 1. The smallest absolute Gasteiger partial charge is 0.306 e. The number of nitrogens with one attached hydrogen (secondary N) is 1. The van der Waals surface area contributed by atoms with E-state index in [2.05, 4.69) is 31.4 Å². The Balaban J connectivity index is 1.59. The first-order valence-electron chi connectivity index (χ1n) is 7.95. The Morgan fingerprint density at radius 1 is 1.29 bits per heavy atom. The van der Waals surface area contributed by atoms with E-state index in [4.69, 9.17) is 23.2 Å². The largest absolute Gasteiger partial charge is 0.308 e. The maximum atomic E-state index is 12.1. The van der Waals surface area contributed by atoms with E-state index in [0.29, 0.717) is 26.9 Å². The molecule has 0 fully saturated rings. The van der Waals surface area contributed by atoms with Crippen LogP contribution in [0.15, 0.2) is 41.3 Å². The van der Waals surface area contributed by atoms with Gasteiger partial charge in [0, 0.05) is 29.2 Å². The molecule has 1 amide bonds. The normalized spacial score (nSPS) is 10.8. The van der Waals surface area contributed by atoms with E-state index in [9.17, 15) is 14.9 Å².